The lowest BCUT2D eigenvalue weighted by Crippen LogP contribution is -2.47. The molecule has 0 amide bonds. The fraction of sp³-hybridized carbons (Fsp3) is 0.440. The van der Waals surface area contributed by atoms with Crippen LogP contribution in [0.4, 0.5) is 11.5 Å². The number of benzene rings is 2. The van der Waals surface area contributed by atoms with Crippen LogP contribution in [0.25, 0.3) is 10.1 Å². The molecule has 5 rings (SSSR count). The fourth-order valence-corrected chi connectivity index (χ4v) is 5.91. The van der Waals surface area contributed by atoms with Crippen molar-refractivity contribution in [1.82, 2.24) is 14.6 Å². The summed E-state index contributed by atoms with van der Waals surface area (Å²) in [7, 11) is 0. The molecule has 7 heteroatoms. The van der Waals surface area contributed by atoms with Crippen molar-refractivity contribution in [3.63, 3.8) is 0 Å². The van der Waals surface area contributed by atoms with Crippen LogP contribution in [0.15, 0.2) is 48.5 Å². The zero-order valence-electron chi connectivity index (χ0n) is 18.4. The van der Waals surface area contributed by atoms with Crippen molar-refractivity contribution in [2.75, 3.05) is 42.9 Å². The summed E-state index contributed by atoms with van der Waals surface area (Å²) >= 11 is 7.19. The minimum absolute atomic E-state index is 0.535. The minimum Gasteiger partial charge on any atom is -0.360 e. The van der Waals surface area contributed by atoms with Gasteiger partial charge in [0.2, 0.25) is 0 Å². The summed E-state index contributed by atoms with van der Waals surface area (Å²) in [5.41, 5.74) is 2.46. The van der Waals surface area contributed by atoms with Gasteiger partial charge in [0.15, 0.2) is 5.11 Å². The number of rotatable bonds is 6. The van der Waals surface area contributed by atoms with Gasteiger partial charge in [-0.1, -0.05) is 43.2 Å². The van der Waals surface area contributed by atoms with E-state index in [2.05, 4.69) is 69.0 Å². The van der Waals surface area contributed by atoms with Crippen molar-refractivity contribution >= 4 is 50.5 Å². The molecule has 1 saturated carbocycles. The molecule has 3 aromatic rings. The summed E-state index contributed by atoms with van der Waals surface area (Å²) in [6.45, 7) is 5.27. The van der Waals surface area contributed by atoms with Crippen LogP contribution in [0.3, 0.4) is 0 Å². The van der Waals surface area contributed by atoms with Gasteiger partial charge in [-0.3, -0.25) is 4.90 Å². The van der Waals surface area contributed by atoms with Gasteiger partial charge in [0.05, 0.1) is 4.70 Å². The number of hydrogen-bond acceptors (Lipinski definition) is 5. The van der Waals surface area contributed by atoms with Crippen LogP contribution in [0, 0.1) is 0 Å². The lowest BCUT2D eigenvalue weighted by Gasteiger charge is -2.35. The van der Waals surface area contributed by atoms with Gasteiger partial charge in [-0.15, -0.1) is 0 Å². The van der Waals surface area contributed by atoms with Crippen LogP contribution in [0.2, 0.25) is 0 Å². The van der Waals surface area contributed by atoms with E-state index >= 15 is 0 Å². The Morgan fingerprint density at radius 2 is 1.75 bits per heavy atom. The van der Waals surface area contributed by atoms with Crippen molar-refractivity contribution in [1.29, 1.82) is 0 Å². The molecule has 32 heavy (non-hydrogen) atoms. The molecule has 1 saturated heterocycles. The Morgan fingerprint density at radius 3 is 2.59 bits per heavy atom. The van der Waals surface area contributed by atoms with Gasteiger partial charge < -0.3 is 15.5 Å². The second-order valence-electron chi connectivity index (χ2n) is 8.82. The summed E-state index contributed by atoms with van der Waals surface area (Å²) in [4.78, 5) is 5.01. The first kappa shape index (κ1) is 21.6. The number of fused-ring (bicyclic) bond motifs is 1. The second kappa shape index (κ2) is 10.1. The van der Waals surface area contributed by atoms with Crippen molar-refractivity contribution in [3.05, 3.63) is 54.1 Å². The monoisotopic (exact) mass is 465 g/mol. The van der Waals surface area contributed by atoms with Crippen molar-refractivity contribution in [3.8, 4) is 0 Å². The fourth-order valence-electron chi connectivity index (χ4n) is 4.84. The number of aromatic nitrogens is 1. The van der Waals surface area contributed by atoms with Crippen molar-refractivity contribution in [2.45, 2.75) is 38.1 Å². The molecule has 2 aromatic carbocycles. The van der Waals surface area contributed by atoms with Crippen LogP contribution in [-0.2, 0) is 6.42 Å². The SMILES string of the molecule is S=C(Nc1ccccc1CCN1CCN(c2nsc3ccccc23)CC1)NC1CCCC1. The maximum Gasteiger partial charge on any atom is 0.171 e. The van der Waals surface area contributed by atoms with E-state index in [1.165, 1.54) is 41.3 Å². The van der Waals surface area contributed by atoms with Crippen molar-refractivity contribution in [2.24, 2.45) is 0 Å². The second-order valence-corrected chi connectivity index (χ2v) is 10.0. The third-order valence-electron chi connectivity index (χ3n) is 6.68. The Balaban J connectivity index is 1.14. The number of nitrogens with zero attached hydrogens (tertiary/aromatic N) is 3. The van der Waals surface area contributed by atoms with E-state index in [1.807, 2.05) is 0 Å². The van der Waals surface area contributed by atoms with E-state index in [1.54, 1.807) is 11.5 Å². The topological polar surface area (TPSA) is 43.4 Å². The van der Waals surface area contributed by atoms with E-state index in [-0.39, 0.29) is 0 Å². The highest BCUT2D eigenvalue weighted by Gasteiger charge is 2.21. The summed E-state index contributed by atoms with van der Waals surface area (Å²) < 4.78 is 6.01. The standard InChI is InChI=1S/C25H31N5S2/c31-25(26-20-8-2-3-9-20)27-22-11-5-1-7-19(22)13-14-29-15-17-30(18-16-29)24-21-10-4-6-12-23(21)32-28-24/h1,4-7,10-12,20H,2-3,8-9,13-18H2,(H2,26,27,31). The summed E-state index contributed by atoms with van der Waals surface area (Å²) in [5, 5.41) is 8.99. The van der Waals surface area contributed by atoms with E-state index in [4.69, 9.17) is 16.6 Å². The molecule has 0 unspecified atom stereocenters. The number of hydrogen-bond donors (Lipinski definition) is 2. The largest absolute Gasteiger partial charge is 0.360 e. The third kappa shape index (κ3) is 5.05. The molecule has 1 aliphatic carbocycles. The quantitative estimate of drug-likeness (QED) is 0.506. The zero-order valence-corrected chi connectivity index (χ0v) is 20.1. The smallest absolute Gasteiger partial charge is 0.171 e. The Labute approximate surface area is 200 Å². The van der Waals surface area contributed by atoms with Gasteiger partial charge in [0.1, 0.15) is 5.82 Å². The predicted molar refractivity (Wildman–Crippen MR) is 140 cm³/mol. The number of para-hydroxylation sites is 1. The molecule has 0 atom stereocenters. The minimum atomic E-state index is 0.535. The maximum absolute atomic E-state index is 5.58. The number of piperazine rings is 1. The molecule has 0 spiro atoms. The first-order chi connectivity index (χ1) is 15.8. The molecule has 2 aliphatic rings. The molecule has 0 radical (unpaired) electrons. The number of anilines is 2. The van der Waals surface area contributed by atoms with E-state index < -0.39 is 0 Å². The van der Waals surface area contributed by atoms with Gasteiger partial charge in [-0.25, -0.2) is 0 Å². The highest BCUT2D eigenvalue weighted by atomic mass is 32.1. The predicted octanol–water partition coefficient (Wildman–Crippen LogP) is 4.89. The Morgan fingerprint density at radius 1 is 1.00 bits per heavy atom. The molecule has 1 aromatic heterocycles. The molecule has 5 nitrogen and oxygen atoms in total. The summed E-state index contributed by atoms with van der Waals surface area (Å²) in [6, 6.07) is 17.7. The van der Waals surface area contributed by atoms with Crippen LogP contribution >= 0.6 is 23.8 Å². The van der Waals surface area contributed by atoms with Gasteiger partial charge >= 0.3 is 0 Å². The van der Waals surface area contributed by atoms with Crippen LogP contribution < -0.4 is 15.5 Å². The first-order valence-corrected chi connectivity index (χ1v) is 12.9. The highest BCUT2D eigenvalue weighted by molar-refractivity contribution is 7.80. The molecule has 0 bridgehead atoms. The Kier molecular flexibility index (Phi) is 6.86. The van der Waals surface area contributed by atoms with E-state index in [0.717, 1.165) is 55.8 Å². The van der Waals surface area contributed by atoms with Gasteiger partial charge in [0, 0.05) is 49.8 Å². The summed E-state index contributed by atoms with van der Waals surface area (Å²) in [6.07, 6.45) is 6.10. The molecular formula is C25H31N5S2. The average Bonchev–Trinajstić information content (AvgIpc) is 3.49. The first-order valence-electron chi connectivity index (χ1n) is 11.7. The number of thiocarbonyl (C=S) groups is 1. The van der Waals surface area contributed by atoms with Gasteiger partial charge in [-0.2, -0.15) is 4.37 Å². The van der Waals surface area contributed by atoms with Crippen molar-refractivity contribution < 1.29 is 0 Å². The van der Waals surface area contributed by atoms with E-state index in [9.17, 15) is 0 Å². The highest BCUT2D eigenvalue weighted by Crippen LogP contribution is 2.30. The van der Waals surface area contributed by atoms with Crippen LogP contribution in [0.5, 0.6) is 0 Å². The van der Waals surface area contributed by atoms with Crippen LogP contribution in [0.1, 0.15) is 31.2 Å². The van der Waals surface area contributed by atoms with E-state index in [0.29, 0.717) is 6.04 Å². The maximum atomic E-state index is 5.58. The molecule has 2 fully saturated rings. The average molecular weight is 466 g/mol. The Hall–Kier alpha value is -2.22. The lowest BCUT2D eigenvalue weighted by molar-refractivity contribution is 0.261. The molecular weight excluding hydrogens is 434 g/mol. The summed E-state index contributed by atoms with van der Waals surface area (Å²) in [5.74, 6) is 1.16. The Bertz CT molecular complexity index is 1050. The molecule has 168 valence electrons. The van der Waals surface area contributed by atoms with Gasteiger partial charge in [0.25, 0.3) is 0 Å². The van der Waals surface area contributed by atoms with Crippen LogP contribution in [-0.4, -0.2) is 53.2 Å². The normalized spacial score (nSPS) is 17.7. The molecule has 2 heterocycles. The number of nitrogens with one attached hydrogen (secondary N) is 2. The zero-order chi connectivity index (χ0) is 21.8. The lowest BCUT2D eigenvalue weighted by atomic mass is 10.1. The third-order valence-corrected chi connectivity index (χ3v) is 7.72. The molecule has 1 aliphatic heterocycles. The van der Waals surface area contributed by atoms with Gasteiger partial charge in [-0.05, 0) is 66.8 Å². The molecule has 2 N–H and O–H groups in total.